The Balaban J connectivity index is 1.89. The highest BCUT2D eigenvalue weighted by Crippen LogP contribution is 2.48. The van der Waals surface area contributed by atoms with Crippen LogP contribution in [0.2, 0.25) is 0 Å². The molecule has 3 heteroatoms. The SMILES string of the molecule is c1cc2c3c(c1)C1CNCCC1N3CCN2. The van der Waals surface area contributed by atoms with Gasteiger partial charge in [-0.25, -0.2) is 0 Å². The monoisotopic (exact) mass is 215 g/mol. The van der Waals surface area contributed by atoms with E-state index in [0.29, 0.717) is 5.92 Å². The maximum atomic E-state index is 3.53. The Morgan fingerprint density at radius 1 is 1.25 bits per heavy atom. The van der Waals surface area contributed by atoms with Crippen molar-refractivity contribution in [2.45, 2.75) is 18.4 Å². The molecule has 0 radical (unpaired) electrons. The van der Waals surface area contributed by atoms with Crippen LogP contribution in [0.5, 0.6) is 0 Å². The van der Waals surface area contributed by atoms with Crippen LogP contribution >= 0.6 is 0 Å². The predicted molar refractivity (Wildman–Crippen MR) is 66.3 cm³/mol. The van der Waals surface area contributed by atoms with E-state index in [1.54, 1.807) is 5.56 Å². The van der Waals surface area contributed by atoms with Crippen LogP contribution in [0.3, 0.4) is 0 Å². The fraction of sp³-hybridized carbons (Fsp3) is 0.538. The molecule has 3 nitrogen and oxygen atoms in total. The molecule has 4 rings (SSSR count). The summed E-state index contributed by atoms with van der Waals surface area (Å²) in [7, 11) is 0. The molecule has 3 aliphatic heterocycles. The van der Waals surface area contributed by atoms with E-state index in [-0.39, 0.29) is 0 Å². The molecule has 1 aromatic carbocycles. The van der Waals surface area contributed by atoms with E-state index < -0.39 is 0 Å². The number of rotatable bonds is 0. The number of fused-ring (bicyclic) bond motifs is 3. The third kappa shape index (κ3) is 1.02. The Morgan fingerprint density at radius 2 is 2.25 bits per heavy atom. The van der Waals surface area contributed by atoms with Gasteiger partial charge in [-0.15, -0.1) is 0 Å². The van der Waals surface area contributed by atoms with Gasteiger partial charge in [0, 0.05) is 31.6 Å². The van der Waals surface area contributed by atoms with Crippen molar-refractivity contribution in [3.63, 3.8) is 0 Å². The van der Waals surface area contributed by atoms with Crippen LogP contribution in [0.15, 0.2) is 18.2 Å². The first-order valence-corrected chi connectivity index (χ1v) is 6.29. The summed E-state index contributed by atoms with van der Waals surface area (Å²) in [6.07, 6.45) is 1.29. The first-order valence-electron chi connectivity index (χ1n) is 6.29. The number of benzene rings is 1. The number of piperidine rings is 1. The van der Waals surface area contributed by atoms with E-state index in [1.165, 1.54) is 30.9 Å². The lowest BCUT2D eigenvalue weighted by molar-refractivity contribution is 0.404. The summed E-state index contributed by atoms with van der Waals surface area (Å²) >= 11 is 0. The second-order valence-electron chi connectivity index (χ2n) is 5.03. The van der Waals surface area contributed by atoms with Crippen molar-refractivity contribution in [1.29, 1.82) is 0 Å². The maximum Gasteiger partial charge on any atom is 0.0642 e. The Morgan fingerprint density at radius 3 is 3.25 bits per heavy atom. The van der Waals surface area contributed by atoms with Gasteiger partial charge in [-0.3, -0.25) is 0 Å². The summed E-state index contributed by atoms with van der Waals surface area (Å²) in [5.41, 5.74) is 4.40. The van der Waals surface area contributed by atoms with Crippen molar-refractivity contribution in [2.75, 3.05) is 36.4 Å². The summed E-state index contributed by atoms with van der Waals surface area (Å²) in [6, 6.07) is 7.48. The maximum absolute atomic E-state index is 3.53. The summed E-state index contributed by atoms with van der Waals surface area (Å²) in [6.45, 7) is 4.59. The van der Waals surface area contributed by atoms with Crippen molar-refractivity contribution in [1.82, 2.24) is 5.32 Å². The quantitative estimate of drug-likeness (QED) is 0.684. The van der Waals surface area contributed by atoms with Gasteiger partial charge in [-0.05, 0) is 24.6 Å². The van der Waals surface area contributed by atoms with Crippen LogP contribution in [0.4, 0.5) is 11.4 Å². The Bertz CT molecular complexity index is 429. The van der Waals surface area contributed by atoms with Crippen molar-refractivity contribution in [2.24, 2.45) is 0 Å². The topological polar surface area (TPSA) is 27.3 Å². The fourth-order valence-corrected chi connectivity index (χ4v) is 3.61. The molecule has 1 aromatic rings. The van der Waals surface area contributed by atoms with Crippen LogP contribution in [0, 0.1) is 0 Å². The van der Waals surface area contributed by atoms with Gasteiger partial charge in [0.1, 0.15) is 0 Å². The minimum atomic E-state index is 0.712. The lowest BCUT2D eigenvalue weighted by Gasteiger charge is -2.36. The first-order chi connectivity index (χ1) is 7.95. The smallest absolute Gasteiger partial charge is 0.0642 e. The van der Waals surface area contributed by atoms with E-state index in [4.69, 9.17) is 0 Å². The van der Waals surface area contributed by atoms with Crippen molar-refractivity contribution in [3.05, 3.63) is 23.8 Å². The van der Waals surface area contributed by atoms with Gasteiger partial charge in [-0.1, -0.05) is 12.1 Å². The highest BCUT2D eigenvalue weighted by molar-refractivity contribution is 5.79. The number of nitrogens with zero attached hydrogens (tertiary/aromatic N) is 1. The molecular formula is C13H17N3. The normalized spacial score (nSPS) is 30.6. The summed E-state index contributed by atoms with van der Waals surface area (Å²) in [5, 5.41) is 7.06. The van der Waals surface area contributed by atoms with E-state index in [0.717, 1.165) is 19.1 Å². The van der Waals surface area contributed by atoms with E-state index >= 15 is 0 Å². The van der Waals surface area contributed by atoms with Gasteiger partial charge in [0.15, 0.2) is 0 Å². The minimum absolute atomic E-state index is 0.712. The highest BCUT2D eigenvalue weighted by atomic mass is 15.3. The van der Waals surface area contributed by atoms with Crippen LogP contribution in [-0.2, 0) is 0 Å². The third-order valence-corrected chi connectivity index (χ3v) is 4.27. The average molecular weight is 215 g/mol. The Labute approximate surface area is 95.8 Å². The molecule has 0 spiro atoms. The van der Waals surface area contributed by atoms with Crippen LogP contribution in [0.1, 0.15) is 17.9 Å². The minimum Gasteiger partial charge on any atom is -0.382 e. The molecule has 2 N–H and O–H groups in total. The molecule has 1 fully saturated rings. The molecule has 3 aliphatic rings. The molecular weight excluding hydrogens is 198 g/mol. The zero-order valence-corrected chi connectivity index (χ0v) is 9.37. The van der Waals surface area contributed by atoms with Gasteiger partial charge < -0.3 is 15.5 Å². The standard InChI is InChI=1S/C13H17N3/c1-2-9-10-8-14-5-4-12(10)16-7-6-15-11(3-1)13(9)16/h1-3,10,12,14-15H,4-8H2. The zero-order chi connectivity index (χ0) is 10.5. The summed E-state index contributed by atoms with van der Waals surface area (Å²) < 4.78 is 0. The van der Waals surface area contributed by atoms with Crippen LogP contribution in [-0.4, -0.2) is 32.2 Å². The van der Waals surface area contributed by atoms with E-state index in [1.807, 2.05) is 0 Å². The van der Waals surface area contributed by atoms with Crippen LogP contribution < -0.4 is 15.5 Å². The second-order valence-corrected chi connectivity index (χ2v) is 5.03. The molecule has 84 valence electrons. The molecule has 0 bridgehead atoms. The van der Waals surface area contributed by atoms with Gasteiger partial charge >= 0.3 is 0 Å². The summed E-state index contributed by atoms with van der Waals surface area (Å²) in [5.74, 6) is 0.712. The Kier molecular flexibility index (Phi) is 1.74. The second kappa shape index (κ2) is 3.14. The zero-order valence-electron chi connectivity index (χ0n) is 9.37. The highest BCUT2D eigenvalue weighted by Gasteiger charge is 2.41. The molecule has 2 unspecified atom stereocenters. The molecule has 16 heavy (non-hydrogen) atoms. The van der Waals surface area contributed by atoms with Gasteiger partial charge in [0.05, 0.1) is 11.4 Å². The molecule has 0 amide bonds. The van der Waals surface area contributed by atoms with Gasteiger partial charge in [-0.2, -0.15) is 0 Å². The van der Waals surface area contributed by atoms with Crippen molar-refractivity contribution >= 4 is 11.4 Å². The number of hydrogen-bond acceptors (Lipinski definition) is 3. The number of nitrogens with one attached hydrogen (secondary N) is 2. The van der Waals surface area contributed by atoms with E-state index in [2.05, 4.69) is 33.7 Å². The van der Waals surface area contributed by atoms with Crippen molar-refractivity contribution in [3.8, 4) is 0 Å². The molecule has 2 atom stereocenters. The molecule has 0 aromatic heterocycles. The molecule has 3 heterocycles. The molecule has 1 saturated heterocycles. The summed E-state index contributed by atoms with van der Waals surface area (Å²) in [4.78, 5) is 2.65. The fourth-order valence-electron chi connectivity index (χ4n) is 3.61. The molecule has 0 aliphatic carbocycles. The van der Waals surface area contributed by atoms with Crippen LogP contribution in [0.25, 0.3) is 0 Å². The Hall–Kier alpha value is -1.22. The lowest BCUT2D eigenvalue weighted by Crippen LogP contribution is -2.46. The van der Waals surface area contributed by atoms with E-state index in [9.17, 15) is 0 Å². The predicted octanol–water partition coefficient (Wildman–Crippen LogP) is 1.38. The average Bonchev–Trinajstić information content (AvgIpc) is 2.68. The number of anilines is 2. The number of para-hydroxylation sites is 1. The van der Waals surface area contributed by atoms with Gasteiger partial charge in [0.2, 0.25) is 0 Å². The largest absolute Gasteiger partial charge is 0.382 e. The van der Waals surface area contributed by atoms with Gasteiger partial charge in [0.25, 0.3) is 0 Å². The third-order valence-electron chi connectivity index (χ3n) is 4.27. The number of hydrogen-bond donors (Lipinski definition) is 2. The molecule has 0 saturated carbocycles. The lowest BCUT2D eigenvalue weighted by atomic mass is 9.90. The first kappa shape index (κ1) is 8.88. The van der Waals surface area contributed by atoms with Crippen molar-refractivity contribution < 1.29 is 0 Å².